The Kier molecular flexibility index (Phi) is 9.68. The van der Waals surface area contributed by atoms with Gasteiger partial charge in [0, 0.05) is 6.61 Å². The molecule has 4 heteroatoms. The van der Waals surface area contributed by atoms with Gasteiger partial charge in [-0.2, -0.15) is 4.39 Å². The van der Waals surface area contributed by atoms with Crippen LogP contribution in [0.15, 0.2) is 12.1 Å². The molecule has 2 aliphatic carbocycles. The minimum Gasteiger partial charge on any atom is -0.491 e. The molecule has 3 fully saturated rings. The summed E-state index contributed by atoms with van der Waals surface area (Å²) in [5.41, 5.74) is 0.547. The molecular weight excluding hydrogens is 430 g/mol. The fourth-order valence-electron chi connectivity index (χ4n) is 7.13. The maximum atomic E-state index is 14.7. The molecule has 1 heterocycles. The molecule has 1 aromatic carbocycles. The molecule has 0 bridgehead atoms. The van der Waals surface area contributed by atoms with Crippen LogP contribution in [0.1, 0.15) is 115 Å². The Bertz CT molecular complexity index is 742. The first-order valence-corrected chi connectivity index (χ1v) is 14.3. The Morgan fingerprint density at radius 1 is 0.794 bits per heavy atom. The van der Waals surface area contributed by atoms with E-state index < -0.39 is 11.6 Å². The summed E-state index contributed by atoms with van der Waals surface area (Å²) in [7, 11) is 0. The third kappa shape index (κ3) is 6.33. The van der Waals surface area contributed by atoms with Crippen LogP contribution in [0.5, 0.6) is 5.75 Å². The number of rotatable bonds is 9. The molecule has 1 aromatic rings. The highest BCUT2D eigenvalue weighted by Gasteiger charge is 2.36. The summed E-state index contributed by atoms with van der Waals surface area (Å²) >= 11 is 0. The number of ether oxygens (including phenoxy) is 2. The molecule has 0 radical (unpaired) electrons. The molecule has 2 nitrogen and oxygen atoms in total. The minimum atomic E-state index is -0.822. The van der Waals surface area contributed by atoms with Gasteiger partial charge in [-0.15, -0.1) is 0 Å². The Balaban J connectivity index is 1.19. The van der Waals surface area contributed by atoms with E-state index in [2.05, 4.69) is 6.92 Å². The third-order valence-corrected chi connectivity index (χ3v) is 9.22. The molecule has 4 rings (SSSR count). The summed E-state index contributed by atoms with van der Waals surface area (Å²) < 4.78 is 40.6. The van der Waals surface area contributed by atoms with E-state index in [0.29, 0.717) is 18.3 Å². The molecule has 0 unspecified atom stereocenters. The predicted octanol–water partition coefficient (Wildman–Crippen LogP) is 8.82. The van der Waals surface area contributed by atoms with Gasteiger partial charge in [0.1, 0.15) is 0 Å². The van der Waals surface area contributed by atoms with Crippen LogP contribution in [-0.4, -0.2) is 19.3 Å². The molecule has 2 saturated carbocycles. The summed E-state index contributed by atoms with van der Waals surface area (Å²) in [5.74, 6) is 1.76. The summed E-state index contributed by atoms with van der Waals surface area (Å²) in [6.07, 6.45) is 18.0. The molecule has 0 N–H and O–H groups in total. The Morgan fingerprint density at radius 2 is 1.47 bits per heavy atom. The smallest absolute Gasteiger partial charge is 0.200 e. The Morgan fingerprint density at radius 3 is 2.09 bits per heavy atom. The minimum absolute atomic E-state index is 0.0307. The summed E-state index contributed by atoms with van der Waals surface area (Å²) in [6.45, 7) is 5.39. The van der Waals surface area contributed by atoms with Gasteiger partial charge in [-0.05, 0) is 119 Å². The first-order chi connectivity index (χ1) is 16.6. The first kappa shape index (κ1) is 25.9. The van der Waals surface area contributed by atoms with Crippen molar-refractivity contribution < 1.29 is 18.3 Å². The lowest BCUT2D eigenvalue weighted by molar-refractivity contribution is -0.0619. The van der Waals surface area contributed by atoms with Crippen LogP contribution in [0.25, 0.3) is 0 Å². The summed E-state index contributed by atoms with van der Waals surface area (Å²) in [6, 6.07) is 3.35. The molecule has 192 valence electrons. The quantitative estimate of drug-likeness (QED) is 0.331. The van der Waals surface area contributed by atoms with Gasteiger partial charge in [-0.3, -0.25) is 0 Å². The molecule has 2 atom stereocenters. The van der Waals surface area contributed by atoms with E-state index in [1.165, 1.54) is 64.2 Å². The third-order valence-electron chi connectivity index (χ3n) is 9.22. The molecule has 0 spiro atoms. The average Bonchev–Trinajstić information content (AvgIpc) is 2.88. The largest absolute Gasteiger partial charge is 0.491 e. The van der Waals surface area contributed by atoms with Crippen molar-refractivity contribution in [2.75, 3.05) is 13.2 Å². The van der Waals surface area contributed by atoms with Crippen molar-refractivity contribution in [2.45, 2.75) is 116 Å². The maximum absolute atomic E-state index is 14.7. The SMILES string of the molecule is CCCCC[C@H]1CC[C@H](C2CCC([C@H]3CC[C@H](c4ccc(OCC)c(F)c4F)CC3)CC2)OC1. The zero-order chi connectivity index (χ0) is 23.9. The van der Waals surface area contributed by atoms with Crippen molar-refractivity contribution in [2.24, 2.45) is 23.7 Å². The molecule has 34 heavy (non-hydrogen) atoms. The molecule has 1 aliphatic heterocycles. The van der Waals surface area contributed by atoms with E-state index in [4.69, 9.17) is 9.47 Å². The van der Waals surface area contributed by atoms with Crippen LogP contribution >= 0.6 is 0 Å². The molecular formula is C30H46F2O2. The van der Waals surface area contributed by atoms with E-state index in [-0.39, 0.29) is 11.7 Å². The average molecular weight is 477 g/mol. The Hall–Kier alpha value is -1.16. The van der Waals surface area contributed by atoms with Crippen LogP contribution in [0.3, 0.4) is 0 Å². The summed E-state index contributed by atoms with van der Waals surface area (Å²) in [4.78, 5) is 0. The van der Waals surface area contributed by atoms with Gasteiger partial charge in [-0.1, -0.05) is 32.3 Å². The molecule has 0 amide bonds. The van der Waals surface area contributed by atoms with Gasteiger partial charge in [0.25, 0.3) is 0 Å². The van der Waals surface area contributed by atoms with Gasteiger partial charge < -0.3 is 9.47 Å². The van der Waals surface area contributed by atoms with Gasteiger partial charge in [0.15, 0.2) is 11.6 Å². The Labute approximate surface area is 206 Å². The number of hydrogen-bond donors (Lipinski definition) is 0. The van der Waals surface area contributed by atoms with Crippen LogP contribution < -0.4 is 4.74 Å². The second kappa shape index (κ2) is 12.7. The lowest BCUT2D eigenvalue weighted by atomic mass is 9.67. The van der Waals surface area contributed by atoms with E-state index >= 15 is 0 Å². The maximum Gasteiger partial charge on any atom is 0.200 e. The van der Waals surface area contributed by atoms with Crippen molar-refractivity contribution >= 4 is 0 Å². The van der Waals surface area contributed by atoms with Crippen molar-refractivity contribution in [3.05, 3.63) is 29.3 Å². The lowest BCUT2D eigenvalue weighted by Crippen LogP contribution is -2.35. The van der Waals surface area contributed by atoms with Gasteiger partial charge in [-0.25, -0.2) is 4.39 Å². The zero-order valence-corrected chi connectivity index (χ0v) is 21.5. The highest BCUT2D eigenvalue weighted by molar-refractivity contribution is 5.33. The fraction of sp³-hybridized carbons (Fsp3) is 0.800. The van der Waals surface area contributed by atoms with Crippen molar-refractivity contribution in [3.63, 3.8) is 0 Å². The second-order valence-electron chi connectivity index (χ2n) is 11.3. The topological polar surface area (TPSA) is 18.5 Å². The summed E-state index contributed by atoms with van der Waals surface area (Å²) in [5, 5.41) is 0. The number of unbranched alkanes of at least 4 members (excludes halogenated alkanes) is 2. The monoisotopic (exact) mass is 476 g/mol. The van der Waals surface area contributed by atoms with E-state index in [1.807, 2.05) is 0 Å². The van der Waals surface area contributed by atoms with Crippen molar-refractivity contribution in [1.29, 1.82) is 0 Å². The highest BCUT2D eigenvalue weighted by atomic mass is 19.2. The molecule has 3 aliphatic rings. The fourth-order valence-corrected chi connectivity index (χ4v) is 7.13. The standard InChI is InChI=1S/C30H46F2O2/c1-3-5-6-7-21-8-18-27(34-20-21)25-15-11-23(12-16-25)22-9-13-24(14-10-22)26-17-19-28(33-4-2)30(32)29(26)31/h17,19,21-25,27H,3-16,18,20H2,1-2H3/t21-,22-,23?,24-,25?,27+/m0/s1. The van der Waals surface area contributed by atoms with Gasteiger partial charge in [0.05, 0.1) is 12.7 Å². The lowest BCUT2D eigenvalue weighted by Gasteiger charge is -2.41. The van der Waals surface area contributed by atoms with Crippen molar-refractivity contribution in [3.8, 4) is 5.75 Å². The first-order valence-electron chi connectivity index (χ1n) is 14.3. The normalized spacial score (nSPS) is 32.5. The second-order valence-corrected chi connectivity index (χ2v) is 11.3. The van der Waals surface area contributed by atoms with E-state index in [0.717, 1.165) is 56.0 Å². The highest BCUT2D eigenvalue weighted by Crippen LogP contribution is 2.46. The van der Waals surface area contributed by atoms with Gasteiger partial charge in [0.2, 0.25) is 5.82 Å². The van der Waals surface area contributed by atoms with Gasteiger partial charge >= 0.3 is 0 Å². The zero-order valence-electron chi connectivity index (χ0n) is 21.5. The molecule has 1 saturated heterocycles. The number of benzene rings is 1. The van der Waals surface area contributed by atoms with Crippen LogP contribution in [-0.2, 0) is 4.74 Å². The van der Waals surface area contributed by atoms with Crippen LogP contribution in [0.4, 0.5) is 8.78 Å². The number of hydrogen-bond acceptors (Lipinski definition) is 2. The van der Waals surface area contributed by atoms with Crippen LogP contribution in [0.2, 0.25) is 0 Å². The van der Waals surface area contributed by atoms with Crippen molar-refractivity contribution in [1.82, 2.24) is 0 Å². The molecule has 0 aromatic heterocycles. The number of halogens is 2. The van der Waals surface area contributed by atoms with Crippen LogP contribution in [0, 0.1) is 35.3 Å². The van der Waals surface area contributed by atoms with E-state index in [9.17, 15) is 8.78 Å². The predicted molar refractivity (Wildman–Crippen MR) is 134 cm³/mol. The van der Waals surface area contributed by atoms with E-state index in [1.54, 1.807) is 19.1 Å².